The summed E-state index contributed by atoms with van der Waals surface area (Å²) in [4.78, 5) is 22.6. The molecule has 0 fully saturated rings. The zero-order valence-corrected chi connectivity index (χ0v) is 13.6. The first-order valence-corrected chi connectivity index (χ1v) is 6.86. The lowest BCUT2D eigenvalue weighted by molar-refractivity contribution is -0.139. The van der Waals surface area contributed by atoms with Crippen LogP contribution < -0.4 is 5.32 Å². The van der Waals surface area contributed by atoms with Gasteiger partial charge in [-0.3, -0.25) is 9.59 Å². The predicted molar refractivity (Wildman–Crippen MR) is 79.3 cm³/mol. The molecule has 1 aromatic rings. The summed E-state index contributed by atoms with van der Waals surface area (Å²) in [7, 11) is 1.28. The first-order chi connectivity index (χ1) is 8.95. The average molecular weight is 330 g/mol. The van der Waals surface area contributed by atoms with Crippen molar-refractivity contribution in [1.82, 2.24) is 5.32 Å². The first-order valence-electron chi connectivity index (χ1n) is 6.07. The van der Waals surface area contributed by atoms with E-state index in [2.05, 4.69) is 26.0 Å². The molecule has 0 aromatic heterocycles. The van der Waals surface area contributed by atoms with Gasteiger partial charge in [0.05, 0.1) is 7.11 Å². The molecule has 0 spiro atoms. The molecule has 0 heterocycles. The Bertz CT molecular complexity index is 435. The van der Waals surface area contributed by atoms with Crippen LogP contribution >= 0.6 is 15.9 Å². The number of ether oxygens (including phenoxy) is 1. The number of rotatable bonds is 3. The molecule has 0 bridgehead atoms. The molecule has 0 unspecified atom stereocenters. The summed E-state index contributed by atoms with van der Waals surface area (Å²) in [6, 6.07) is 3.54. The Kier molecular flexibility index (Phi) is 8.07. The van der Waals surface area contributed by atoms with Crippen LogP contribution in [0, 0.1) is 13.8 Å². The molecule has 0 saturated heterocycles. The maximum atomic E-state index is 11.7. The van der Waals surface area contributed by atoms with Crippen molar-refractivity contribution in [3.63, 3.8) is 0 Å². The second kappa shape index (κ2) is 8.69. The van der Waals surface area contributed by atoms with Gasteiger partial charge in [0.1, 0.15) is 6.54 Å². The van der Waals surface area contributed by atoms with Gasteiger partial charge >= 0.3 is 5.97 Å². The fourth-order valence-electron chi connectivity index (χ4n) is 1.40. The van der Waals surface area contributed by atoms with Gasteiger partial charge in [0.15, 0.2) is 0 Å². The number of benzene rings is 1. The Hall–Kier alpha value is -1.36. The Morgan fingerprint density at radius 3 is 2.11 bits per heavy atom. The van der Waals surface area contributed by atoms with E-state index in [1.807, 2.05) is 27.7 Å². The van der Waals surface area contributed by atoms with E-state index in [1.54, 1.807) is 12.1 Å². The number of methoxy groups -OCH3 is 1. The van der Waals surface area contributed by atoms with Crippen molar-refractivity contribution < 1.29 is 14.3 Å². The largest absolute Gasteiger partial charge is 0.468 e. The standard InChI is InChI=1S/C12H14BrNO3.C2H6/c1-7-4-9(5-8(2)11(7)13)12(16)14-6-10(15)17-3;1-2/h4-5H,6H2,1-3H3,(H,14,16);1-2H3. The summed E-state index contributed by atoms with van der Waals surface area (Å²) in [5.74, 6) is -0.752. The lowest BCUT2D eigenvalue weighted by atomic mass is 10.1. The van der Waals surface area contributed by atoms with Crippen LogP contribution in [0.25, 0.3) is 0 Å². The fraction of sp³-hybridized carbons (Fsp3) is 0.429. The lowest BCUT2D eigenvalue weighted by Gasteiger charge is -2.08. The summed E-state index contributed by atoms with van der Waals surface area (Å²) >= 11 is 3.43. The SMILES string of the molecule is CC.COC(=O)CNC(=O)c1cc(C)c(Br)c(C)c1. The Labute approximate surface area is 122 Å². The van der Waals surface area contributed by atoms with E-state index in [9.17, 15) is 9.59 Å². The minimum atomic E-state index is -0.469. The molecule has 1 rings (SSSR count). The number of carbonyl (C=O) groups is 2. The van der Waals surface area contributed by atoms with Gasteiger partial charge in [-0.25, -0.2) is 0 Å². The van der Waals surface area contributed by atoms with Crippen LogP contribution in [0.2, 0.25) is 0 Å². The summed E-state index contributed by atoms with van der Waals surface area (Å²) in [6.07, 6.45) is 0. The van der Waals surface area contributed by atoms with Crippen molar-refractivity contribution in [2.24, 2.45) is 0 Å². The molecular formula is C14H20BrNO3. The molecule has 0 atom stereocenters. The molecule has 0 aliphatic rings. The predicted octanol–water partition coefficient (Wildman–Crippen LogP) is 2.99. The van der Waals surface area contributed by atoms with E-state index < -0.39 is 5.97 Å². The zero-order chi connectivity index (χ0) is 15.0. The molecule has 0 aliphatic carbocycles. The third-order valence-corrected chi connectivity index (χ3v) is 3.57. The lowest BCUT2D eigenvalue weighted by Crippen LogP contribution is -2.30. The van der Waals surface area contributed by atoms with Crippen molar-refractivity contribution in [3.8, 4) is 0 Å². The molecule has 1 N–H and O–H groups in total. The second-order valence-electron chi connectivity index (χ2n) is 3.68. The fourth-order valence-corrected chi connectivity index (χ4v) is 1.63. The Morgan fingerprint density at radius 1 is 1.21 bits per heavy atom. The molecule has 1 amide bonds. The molecule has 1 aromatic carbocycles. The average Bonchev–Trinajstić information content (AvgIpc) is 2.43. The minimum absolute atomic E-state index is 0.122. The van der Waals surface area contributed by atoms with E-state index >= 15 is 0 Å². The molecule has 4 nitrogen and oxygen atoms in total. The molecule has 106 valence electrons. The van der Waals surface area contributed by atoms with Gasteiger partial charge in [0.25, 0.3) is 5.91 Å². The van der Waals surface area contributed by atoms with Crippen LogP contribution in [0.15, 0.2) is 16.6 Å². The normalized spacial score (nSPS) is 9.16. The summed E-state index contributed by atoms with van der Waals surface area (Å²) in [6.45, 7) is 7.70. The molecular weight excluding hydrogens is 310 g/mol. The van der Waals surface area contributed by atoms with E-state index in [1.165, 1.54) is 7.11 Å². The number of amides is 1. The highest BCUT2D eigenvalue weighted by atomic mass is 79.9. The molecule has 5 heteroatoms. The van der Waals surface area contributed by atoms with Crippen molar-refractivity contribution in [3.05, 3.63) is 33.3 Å². The van der Waals surface area contributed by atoms with E-state index in [4.69, 9.17) is 0 Å². The van der Waals surface area contributed by atoms with Crippen LogP contribution in [0.1, 0.15) is 35.3 Å². The molecule has 0 saturated carbocycles. The van der Waals surface area contributed by atoms with Crippen LogP contribution in [0.4, 0.5) is 0 Å². The smallest absolute Gasteiger partial charge is 0.325 e. The van der Waals surface area contributed by atoms with Gasteiger partial charge in [-0.2, -0.15) is 0 Å². The van der Waals surface area contributed by atoms with Crippen molar-refractivity contribution in [2.75, 3.05) is 13.7 Å². The number of esters is 1. The monoisotopic (exact) mass is 329 g/mol. The van der Waals surface area contributed by atoms with Gasteiger partial charge in [0, 0.05) is 10.0 Å². The number of aryl methyl sites for hydroxylation is 2. The van der Waals surface area contributed by atoms with Crippen LogP contribution in [0.3, 0.4) is 0 Å². The second-order valence-corrected chi connectivity index (χ2v) is 4.48. The number of nitrogens with one attached hydrogen (secondary N) is 1. The van der Waals surface area contributed by atoms with Crippen molar-refractivity contribution in [1.29, 1.82) is 0 Å². The highest BCUT2D eigenvalue weighted by Crippen LogP contribution is 2.22. The number of hydrogen-bond acceptors (Lipinski definition) is 3. The summed E-state index contributed by atoms with van der Waals surface area (Å²) in [5.41, 5.74) is 2.49. The van der Waals surface area contributed by atoms with Crippen molar-refractivity contribution >= 4 is 27.8 Å². The number of hydrogen-bond donors (Lipinski definition) is 1. The Balaban J connectivity index is 0.00000154. The highest BCUT2D eigenvalue weighted by Gasteiger charge is 2.10. The molecule has 19 heavy (non-hydrogen) atoms. The number of carbonyl (C=O) groups excluding carboxylic acids is 2. The van der Waals surface area contributed by atoms with Crippen LogP contribution in [0.5, 0.6) is 0 Å². The van der Waals surface area contributed by atoms with Gasteiger partial charge < -0.3 is 10.1 Å². The first kappa shape index (κ1) is 17.6. The van der Waals surface area contributed by atoms with Crippen molar-refractivity contribution in [2.45, 2.75) is 27.7 Å². The maximum Gasteiger partial charge on any atom is 0.325 e. The van der Waals surface area contributed by atoms with E-state index in [0.29, 0.717) is 5.56 Å². The third-order valence-electron chi connectivity index (χ3n) is 2.32. The van der Waals surface area contributed by atoms with E-state index in [0.717, 1.165) is 15.6 Å². The van der Waals surface area contributed by atoms with E-state index in [-0.39, 0.29) is 12.5 Å². The van der Waals surface area contributed by atoms with Crippen LogP contribution in [-0.2, 0) is 9.53 Å². The van der Waals surface area contributed by atoms with Gasteiger partial charge in [-0.05, 0) is 37.1 Å². The highest BCUT2D eigenvalue weighted by molar-refractivity contribution is 9.10. The van der Waals surface area contributed by atoms with Crippen LogP contribution in [-0.4, -0.2) is 25.5 Å². The summed E-state index contributed by atoms with van der Waals surface area (Å²) < 4.78 is 5.43. The van der Waals surface area contributed by atoms with Gasteiger partial charge in [-0.1, -0.05) is 29.8 Å². The molecule has 0 radical (unpaired) electrons. The zero-order valence-electron chi connectivity index (χ0n) is 12.0. The maximum absolute atomic E-state index is 11.7. The van der Waals surface area contributed by atoms with Gasteiger partial charge in [-0.15, -0.1) is 0 Å². The topological polar surface area (TPSA) is 55.4 Å². The Morgan fingerprint density at radius 2 is 1.68 bits per heavy atom. The minimum Gasteiger partial charge on any atom is -0.468 e. The van der Waals surface area contributed by atoms with Gasteiger partial charge in [0.2, 0.25) is 0 Å². The number of halogens is 1. The quantitative estimate of drug-likeness (QED) is 0.867. The summed E-state index contributed by atoms with van der Waals surface area (Å²) in [5, 5.41) is 2.49. The molecule has 0 aliphatic heterocycles. The third kappa shape index (κ3) is 5.42.